The van der Waals surface area contributed by atoms with E-state index < -0.39 is 22.5 Å². The van der Waals surface area contributed by atoms with Gasteiger partial charge in [0, 0.05) is 16.6 Å². The number of ether oxygens (including phenoxy) is 1. The number of benzene rings is 1. The molecule has 88 valence electrons. The van der Waals surface area contributed by atoms with E-state index in [-0.39, 0.29) is 11.5 Å². The fourth-order valence-electron chi connectivity index (χ4n) is 1.20. The summed E-state index contributed by atoms with van der Waals surface area (Å²) >= 11 is 0. The molecule has 1 unspecified atom stereocenters. The predicted molar refractivity (Wildman–Crippen MR) is 59.0 cm³/mol. The fourth-order valence-corrected chi connectivity index (χ4v) is 2.13. The van der Waals surface area contributed by atoms with Gasteiger partial charge in [-0.15, -0.1) is 0 Å². The van der Waals surface area contributed by atoms with Crippen LogP contribution in [-0.2, 0) is 21.3 Å². The van der Waals surface area contributed by atoms with E-state index in [1.54, 1.807) is 12.1 Å². The number of phenolic OH excluding ortho intramolecular Hbond substituents is 1. The Balaban J connectivity index is 2.71. The second kappa shape index (κ2) is 5.50. The van der Waals surface area contributed by atoms with Crippen LogP contribution in [0.2, 0.25) is 0 Å². The zero-order valence-corrected chi connectivity index (χ0v) is 9.49. The van der Waals surface area contributed by atoms with E-state index >= 15 is 0 Å². The van der Waals surface area contributed by atoms with E-state index in [1.165, 1.54) is 13.2 Å². The van der Waals surface area contributed by atoms with Crippen LogP contribution >= 0.6 is 0 Å². The van der Waals surface area contributed by atoms with E-state index in [2.05, 4.69) is 0 Å². The molecule has 6 heteroatoms. The molecule has 0 fully saturated rings. The summed E-state index contributed by atoms with van der Waals surface area (Å²) < 4.78 is 16.2. The lowest BCUT2D eigenvalue weighted by Gasteiger charge is -2.05. The lowest BCUT2D eigenvalue weighted by Crippen LogP contribution is -2.10. The molecule has 0 bridgehead atoms. The van der Waals surface area contributed by atoms with Crippen molar-refractivity contribution in [2.75, 3.05) is 12.9 Å². The van der Waals surface area contributed by atoms with Gasteiger partial charge in [0.1, 0.15) is 5.75 Å². The van der Waals surface area contributed by atoms with Crippen LogP contribution in [0.5, 0.6) is 11.5 Å². The zero-order chi connectivity index (χ0) is 12.1. The summed E-state index contributed by atoms with van der Waals surface area (Å²) in [5.41, 5.74) is 0.609. The van der Waals surface area contributed by atoms with Gasteiger partial charge in [0.2, 0.25) is 0 Å². The molecule has 5 nitrogen and oxygen atoms in total. The molecule has 0 amide bonds. The molecule has 0 aliphatic heterocycles. The molecular weight excluding hydrogens is 232 g/mol. The Kier molecular flexibility index (Phi) is 4.30. The van der Waals surface area contributed by atoms with Gasteiger partial charge in [0.05, 0.1) is 7.11 Å². The fraction of sp³-hybridized carbons (Fsp3) is 0.300. The number of methoxy groups -OCH3 is 1. The predicted octanol–water partition coefficient (Wildman–Crippen LogP) is 0.734. The molecule has 2 N–H and O–H groups in total. The van der Waals surface area contributed by atoms with Crippen molar-refractivity contribution in [1.29, 1.82) is 0 Å². The number of aliphatic carboxylic acids is 1. The summed E-state index contributed by atoms with van der Waals surface area (Å²) in [5, 5.41) is 17.9. The summed E-state index contributed by atoms with van der Waals surface area (Å²) in [6.07, 6.45) is 0. The Morgan fingerprint density at radius 2 is 2.19 bits per heavy atom. The standard InChI is InChI=1S/C10H12O5S/c1-15-9-3-2-7(4-8(9)11)5-16(14)6-10(12)13/h2-4,11H,5-6H2,1H3,(H,12,13). The van der Waals surface area contributed by atoms with Crippen molar-refractivity contribution in [2.24, 2.45) is 0 Å². The van der Waals surface area contributed by atoms with Crippen LogP contribution in [0.3, 0.4) is 0 Å². The van der Waals surface area contributed by atoms with E-state index in [1.807, 2.05) is 0 Å². The average molecular weight is 244 g/mol. The molecule has 0 aromatic heterocycles. The van der Waals surface area contributed by atoms with Crippen LogP contribution in [0.15, 0.2) is 18.2 Å². The molecule has 0 saturated heterocycles. The van der Waals surface area contributed by atoms with E-state index in [4.69, 9.17) is 9.84 Å². The van der Waals surface area contributed by atoms with E-state index in [0.29, 0.717) is 11.3 Å². The number of aromatic hydroxyl groups is 1. The van der Waals surface area contributed by atoms with Gasteiger partial charge in [-0.3, -0.25) is 9.00 Å². The number of carboxylic acid groups (broad SMARTS) is 1. The van der Waals surface area contributed by atoms with Gasteiger partial charge in [0.15, 0.2) is 11.5 Å². The molecule has 1 atom stereocenters. The van der Waals surface area contributed by atoms with Crippen LogP contribution in [-0.4, -0.2) is 33.3 Å². The third-order valence-corrected chi connectivity index (χ3v) is 3.08. The minimum atomic E-state index is -1.47. The summed E-state index contributed by atoms with van der Waals surface area (Å²) in [6.45, 7) is 0. The minimum absolute atomic E-state index is 0.0488. The minimum Gasteiger partial charge on any atom is -0.504 e. The summed E-state index contributed by atoms with van der Waals surface area (Å²) in [4.78, 5) is 10.3. The summed E-state index contributed by atoms with van der Waals surface area (Å²) in [6, 6.07) is 4.60. The van der Waals surface area contributed by atoms with Gasteiger partial charge in [0.25, 0.3) is 0 Å². The molecule has 0 aliphatic rings. The monoisotopic (exact) mass is 244 g/mol. The molecule has 0 heterocycles. The SMILES string of the molecule is COc1ccc(CS(=O)CC(=O)O)cc1O. The van der Waals surface area contributed by atoms with Crippen LogP contribution < -0.4 is 4.74 Å². The smallest absolute Gasteiger partial charge is 0.316 e. The highest BCUT2D eigenvalue weighted by molar-refractivity contribution is 7.84. The first-order valence-corrected chi connectivity index (χ1v) is 5.94. The number of carbonyl (C=O) groups is 1. The highest BCUT2D eigenvalue weighted by atomic mass is 32.2. The first kappa shape index (κ1) is 12.5. The zero-order valence-electron chi connectivity index (χ0n) is 8.67. The van der Waals surface area contributed by atoms with Crippen molar-refractivity contribution < 1.29 is 24.0 Å². The number of carboxylic acids is 1. The maximum Gasteiger partial charge on any atom is 0.316 e. The topological polar surface area (TPSA) is 83.8 Å². The summed E-state index contributed by atoms with van der Waals surface area (Å²) in [7, 11) is -0.0415. The highest BCUT2D eigenvalue weighted by Gasteiger charge is 2.09. The Bertz CT molecular complexity index is 416. The average Bonchev–Trinajstić information content (AvgIpc) is 2.16. The lowest BCUT2D eigenvalue weighted by atomic mass is 10.2. The van der Waals surface area contributed by atoms with Crippen molar-refractivity contribution in [3.05, 3.63) is 23.8 Å². The Morgan fingerprint density at radius 3 is 2.69 bits per heavy atom. The molecule has 1 aromatic carbocycles. The van der Waals surface area contributed by atoms with Crippen LogP contribution in [0.1, 0.15) is 5.56 Å². The van der Waals surface area contributed by atoms with Gasteiger partial charge in [-0.1, -0.05) is 6.07 Å². The Hall–Kier alpha value is -1.56. The van der Waals surface area contributed by atoms with E-state index in [9.17, 15) is 14.1 Å². The first-order chi connectivity index (χ1) is 7.52. The van der Waals surface area contributed by atoms with Gasteiger partial charge in [-0.05, 0) is 17.7 Å². The van der Waals surface area contributed by atoms with Gasteiger partial charge in [-0.25, -0.2) is 0 Å². The number of hydrogen-bond donors (Lipinski definition) is 2. The molecule has 1 aromatic rings. The Morgan fingerprint density at radius 1 is 1.50 bits per heavy atom. The summed E-state index contributed by atoms with van der Waals surface area (Å²) in [5.74, 6) is -1.12. The molecule has 16 heavy (non-hydrogen) atoms. The van der Waals surface area contributed by atoms with Gasteiger partial charge >= 0.3 is 5.97 Å². The van der Waals surface area contributed by atoms with Crippen molar-refractivity contribution in [3.63, 3.8) is 0 Å². The molecule has 0 saturated carbocycles. The van der Waals surface area contributed by atoms with Crippen LogP contribution in [0.25, 0.3) is 0 Å². The van der Waals surface area contributed by atoms with E-state index in [0.717, 1.165) is 0 Å². The molecular formula is C10H12O5S. The number of hydrogen-bond acceptors (Lipinski definition) is 4. The maximum atomic E-state index is 11.3. The normalized spacial score (nSPS) is 12.1. The molecule has 0 spiro atoms. The second-order valence-electron chi connectivity index (χ2n) is 3.13. The largest absolute Gasteiger partial charge is 0.504 e. The first-order valence-electron chi connectivity index (χ1n) is 4.45. The third-order valence-electron chi connectivity index (χ3n) is 1.86. The van der Waals surface area contributed by atoms with Crippen molar-refractivity contribution in [1.82, 2.24) is 0 Å². The second-order valence-corrected chi connectivity index (χ2v) is 4.59. The van der Waals surface area contributed by atoms with Crippen LogP contribution in [0.4, 0.5) is 0 Å². The van der Waals surface area contributed by atoms with Crippen molar-refractivity contribution in [3.8, 4) is 11.5 Å². The molecule has 0 aliphatic carbocycles. The third kappa shape index (κ3) is 3.54. The molecule has 1 rings (SSSR count). The van der Waals surface area contributed by atoms with Gasteiger partial charge < -0.3 is 14.9 Å². The lowest BCUT2D eigenvalue weighted by molar-refractivity contribution is -0.133. The van der Waals surface area contributed by atoms with Crippen LogP contribution in [0, 0.1) is 0 Å². The maximum absolute atomic E-state index is 11.3. The van der Waals surface area contributed by atoms with Crippen molar-refractivity contribution in [2.45, 2.75) is 5.75 Å². The Labute approximate surface area is 95.1 Å². The van der Waals surface area contributed by atoms with Gasteiger partial charge in [-0.2, -0.15) is 0 Å². The number of phenols is 1. The number of rotatable bonds is 5. The van der Waals surface area contributed by atoms with Crippen molar-refractivity contribution >= 4 is 16.8 Å². The molecule has 0 radical (unpaired) electrons. The highest BCUT2D eigenvalue weighted by Crippen LogP contribution is 2.26. The quantitative estimate of drug-likeness (QED) is 0.797.